The number of amides is 4. The topological polar surface area (TPSA) is 119 Å². The van der Waals surface area contributed by atoms with Gasteiger partial charge in [0, 0.05) is 20.8 Å². The number of hydrogen-bond donors (Lipinski definition) is 2. The summed E-state index contributed by atoms with van der Waals surface area (Å²) in [6.45, 7) is 3.08. The van der Waals surface area contributed by atoms with Gasteiger partial charge in [0.15, 0.2) is 0 Å². The van der Waals surface area contributed by atoms with Gasteiger partial charge in [-0.2, -0.15) is 0 Å². The third-order valence-electron chi connectivity index (χ3n) is 1.36. The quantitative estimate of drug-likeness (QED) is 0.448. The lowest BCUT2D eigenvalue weighted by atomic mass is 10.3. The standard InChI is InChI=1S/C9H12N2O6/c1-4(12)10-8(15)7(17-6(3)14)9(16)11-5(2)13/h7H,1-3H3,(H,10,12,15)(H,11,13,16). The second-order valence-electron chi connectivity index (χ2n) is 3.08. The van der Waals surface area contributed by atoms with Crippen LogP contribution in [0.2, 0.25) is 0 Å². The highest BCUT2D eigenvalue weighted by atomic mass is 16.6. The Hall–Kier alpha value is -2.25. The highest BCUT2D eigenvalue weighted by Crippen LogP contribution is 1.94. The first-order valence-corrected chi connectivity index (χ1v) is 4.54. The Labute approximate surface area is 96.7 Å². The molecule has 17 heavy (non-hydrogen) atoms. The molecule has 8 heteroatoms. The molecule has 0 saturated carbocycles. The van der Waals surface area contributed by atoms with Gasteiger partial charge in [-0.3, -0.25) is 34.6 Å². The van der Waals surface area contributed by atoms with Gasteiger partial charge < -0.3 is 4.74 Å². The van der Waals surface area contributed by atoms with Crippen molar-refractivity contribution in [3.05, 3.63) is 0 Å². The minimum Gasteiger partial charge on any atom is -0.442 e. The Morgan fingerprint density at radius 3 is 1.41 bits per heavy atom. The van der Waals surface area contributed by atoms with Gasteiger partial charge >= 0.3 is 5.97 Å². The second-order valence-corrected chi connectivity index (χ2v) is 3.08. The van der Waals surface area contributed by atoms with Crippen LogP contribution >= 0.6 is 0 Å². The Morgan fingerprint density at radius 1 is 0.824 bits per heavy atom. The fraction of sp³-hybridized carbons (Fsp3) is 0.444. The fourth-order valence-corrected chi connectivity index (χ4v) is 0.870. The summed E-state index contributed by atoms with van der Waals surface area (Å²) in [5.41, 5.74) is 0. The summed E-state index contributed by atoms with van der Waals surface area (Å²) in [6.07, 6.45) is -1.87. The van der Waals surface area contributed by atoms with Crippen molar-refractivity contribution in [3.8, 4) is 0 Å². The van der Waals surface area contributed by atoms with Gasteiger partial charge in [0.25, 0.3) is 17.9 Å². The van der Waals surface area contributed by atoms with Crippen LogP contribution in [0.5, 0.6) is 0 Å². The predicted octanol–water partition coefficient (Wildman–Crippen LogP) is -1.76. The van der Waals surface area contributed by atoms with E-state index in [0.29, 0.717) is 0 Å². The Balaban J connectivity index is 4.79. The molecule has 0 aromatic heterocycles. The van der Waals surface area contributed by atoms with Crippen LogP contribution < -0.4 is 10.6 Å². The first kappa shape index (κ1) is 14.8. The van der Waals surface area contributed by atoms with Crippen molar-refractivity contribution in [2.24, 2.45) is 0 Å². The molecule has 0 aliphatic carbocycles. The van der Waals surface area contributed by atoms with Crippen LogP contribution in [0.15, 0.2) is 0 Å². The molecule has 4 amide bonds. The van der Waals surface area contributed by atoms with Crippen LogP contribution in [0.1, 0.15) is 20.8 Å². The number of hydrogen-bond acceptors (Lipinski definition) is 6. The molecule has 0 unspecified atom stereocenters. The zero-order chi connectivity index (χ0) is 13.6. The van der Waals surface area contributed by atoms with E-state index in [0.717, 1.165) is 20.8 Å². The molecular weight excluding hydrogens is 232 g/mol. The molecule has 0 aromatic rings. The average Bonchev–Trinajstić information content (AvgIpc) is 2.11. The first-order valence-electron chi connectivity index (χ1n) is 4.54. The zero-order valence-corrected chi connectivity index (χ0v) is 9.53. The van der Waals surface area contributed by atoms with Gasteiger partial charge in [0.1, 0.15) is 0 Å². The normalized spacial score (nSPS) is 9.41. The highest BCUT2D eigenvalue weighted by Gasteiger charge is 2.31. The summed E-state index contributed by atoms with van der Waals surface area (Å²) in [5, 5.41) is 3.55. The van der Waals surface area contributed by atoms with Gasteiger partial charge in [0.2, 0.25) is 11.8 Å². The van der Waals surface area contributed by atoms with Gasteiger partial charge in [-0.1, -0.05) is 0 Å². The lowest BCUT2D eigenvalue weighted by molar-refractivity contribution is -0.161. The molecule has 0 fully saturated rings. The van der Waals surface area contributed by atoms with Crippen LogP contribution in [-0.4, -0.2) is 35.7 Å². The monoisotopic (exact) mass is 244 g/mol. The third-order valence-corrected chi connectivity index (χ3v) is 1.36. The summed E-state index contributed by atoms with van der Waals surface area (Å²) >= 11 is 0. The van der Waals surface area contributed by atoms with Gasteiger partial charge in [-0.05, 0) is 0 Å². The molecule has 0 aliphatic heterocycles. The molecule has 2 N–H and O–H groups in total. The molecule has 0 radical (unpaired) electrons. The second kappa shape index (κ2) is 6.36. The van der Waals surface area contributed by atoms with E-state index in [-0.39, 0.29) is 0 Å². The molecule has 94 valence electrons. The summed E-state index contributed by atoms with van der Waals surface area (Å²) in [6, 6.07) is 0. The first-order chi connectivity index (χ1) is 7.73. The van der Waals surface area contributed by atoms with Crippen molar-refractivity contribution in [2.75, 3.05) is 0 Å². The molecular formula is C9H12N2O6. The Morgan fingerprint density at radius 2 is 1.18 bits per heavy atom. The number of carbonyl (C=O) groups is 5. The Kier molecular flexibility index (Phi) is 5.52. The number of carbonyl (C=O) groups excluding carboxylic acids is 5. The highest BCUT2D eigenvalue weighted by molar-refractivity contribution is 6.12. The molecule has 0 spiro atoms. The summed E-state index contributed by atoms with van der Waals surface area (Å²) in [4.78, 5) is 54.6. The van der Waals surface area contributed by atoms with Crippen molar-refractivity contribution < 1.29 is 28.7 Å². The third kappa shape index (κ3) is 6.03. The Bertz CT molecular complexity index is 348. The van der Waals surface area contributed by atoms with E-state index >= 15 is 0 Å². The predicted molar refractivity (Wildman–Crippen MR) is 53.2 cm³/mol. The largest absolute Gasteiger partial charge is 0.442 e. The van der Waals surface area contributed by atoms with Crippen LogP contribution in [0, 0.1) is 0 Å². The maximum absolute atomic E-state index is 11.3. The van der Waals surface area contributed by atoms with Crippen LogP contribution in [0.4, 0.5) is 0 Å². The molecule has 0 bridgehead atoms. The maximum atomic E-state index is 11.3. The van der Waals surface area contributed by atoms with Crippen molar-refractivity contribution in [1.29, 1.82) is 0 Å². The number of nitrogens with one attached hydrogen (secondary N) is 2. The zero-order valence-electron chi connectivity index (χ0n) is 9.53. The van der Waals surface area contributed by atoms with Crippen molar-refractivity contribution in [3.63, 3.8) is 0 Å². The fourth-order valence-electron chi connectivity index (χ4n) is 0.870. The summed E-state index contributed by atoms with van der Waals surface area (Å²) < 4.78 is 4.41. The molecule has 8 nitrogen and oxygen atoms in total. The van der Waals surface area contributed by atoms with Crippen LogP contribution in [0.3, 0.4) is 0 Å². The smallest absolute Gasteiger partial charge is 0.303 e. The van der Waals surface area contributed by atoms with Crippen molar-refractivity contribution >= 4 is 29.6 Å². The number of ether oxygens (including phenoxy) is 1. The van der Waals surface area contributed by atoms with Crippen molar-refractivity contribution in [1.82, 2.24) is 10.6 Å². The van der Waals surface area contributed by atoms with E-state index in [1.165, 1.54) is 0 Å². The molecule has 0 heterocycles. The average molecular weight is 244 g/mol. The molecule has 0 aliphatic rings. The number of rotatable bonds is 3. The van der Waals surface area contributed by atoms with Gasteiger partial charge in [-0.15, -0.1) is 0 Å². The van der Waals surface area contributed by atoms with E-state index in [1.54, 1.807) is 10.6 Å². The number of esters is 1. The van der Waals surface area contributed by atoms with E-state index < -0.39 is 35.7 Å². The maximum Gasteiger partial charge on any atom is 0.303 e. The molecule has 0 atom stereocenters. The lowest BCUT2D eigenvalue weighted by Gasteiger charge is -2.14. The SMILES string of the molecule is CC(=O)NC(=O)C(OC(C)=O)C(=O)NC(C)=O. The minimum atomic E-state index is -1.87. The molecule has 0 saturated heterocycles. The molecule has 0 aromatic carbocycles. The van der Waals surface area contributed by atoms with E-state index in [2.05, 4.69) is 4.74 Å². The summed E-state index contributed by atoms with van der Waals surface area (Å²) in [5.74, 6) is -4.57. The van der Waals surface area contributed by atoms with Crippen LogP contribution in [0.25, 0.3) is 0 Å². The molecule has 0 rings (SSSR count). The number of imide groups is 2. The van der Waals surface area contributed by atoms with E-state index in [9.17, 15) is 24.0 Å². The van der Waals surface area contributed by atoms with Gasteiger partial charge in [-0.25, -0.2) is 0 Å². The van der Waals surface area contributed by atoms with E-state index in [1.807, 2.05) is 0 Å². The summed E-state index contributed by atoms with van der Waals surface area (Å²) in [7, 11) is 0. The minimum absolute atomic E-state index is 0.720. The lowest BCUT2D eigenvalue weighted by Crippen LogP contribution is -2.49. The van der Waals surface area contributed by atoms with E-state index in [4.69, 9.17) is 0 Å². The van der Waals surface area contributed by atoms with Gasteiger partial charge in [0.05, 0.1) is 0 Å². The van der Waals surface area contributed by atoms with Crippen molar-refractivity contribution in [2.45, 2.75) is 26.9 Å². The van der Waals surface area contributed by atoms with Crippen LogP contribution in [-0.2, 0) is 28.7 Å².